The van der Waals surface area contributed by atoms with Crippen molar-refractivity contribution in [1.82, 2.24) is 20.1 Å². The first kappa shape index (κ1) is 10.8. The van der Waals surface area contributed by atoms with Gasteiger partial charge in [-0.3, -0.25) is 0 Å². The number of nitrogens with one attached hydrogen (secondary N) is 1. The Bertz CT molecular complexity index is 523. The van der Waals surface area contributed by atoms with Gasteiger partial charge in [-0.1, -0.05) is 18.2 Å². The Morgan fingerprint density at radius 3 is 3.18 bits per heavy atom. The maximum absolute atomic E-state index is 4.08. The Morgan fingerprint density at radius 1 is 1.47 bits per heavy atom. The Hall–Kier alpha value is -1.33. The summed E-state index contributed by atoms with van der Waals surface area (Å²) in [4.78, 5) is 1.39. The van der Waals surface area contributed by atoms with Gasteiger partial charge in [-0.25, -0.2) is 0 Å². The van der Waals surface area contributed by atoms with E-state index in [4.69, 9.17) is 0 Å². The van der Waals surface area contributed by atoms with Crippen molar-refractivity contribution < 1.29 is 0 Å². The average Bonchev–Trinajstić information content (AvgIpc) is 2.93. The fraction of sp³-hybridized carbons (Fsp3) is 0.333. The molecule has 3 rings (SSSR count). The zero-order valence-corrected chi connectivity index (χ0v) is 10.4. The third-order valence-corrected chi connectivity index (χ3v) is 4.19. The molecule has 1 aromatic carbocycles. The summed E-state index contributed by atoms with van der Waals surface area (Å²) < 4.78 is 1.95. The standard InChI is InChI=1S/C12H14N4S/c1-16-8-14-15-12(16)6-13-10-7-17-11-5-3-2-4-9(10)11/h2-5,8,10,13H,6-7H2,1H3. The highest BCUT2D eigenvalue weighted by Crippen LogP contribution is 2.37. The van der Waals surface area contributed by atoms with Gasteiger partial charge in [-0.15, -0.1) is 22.0 Å². The van der Waals surface area contributed by atoms with Crippen LogP contribution in [0.4, 0.5) is 0 Å². The molecule has 1 N–H and O–H groups in total. The van der Waals surface area contributed by atoms with Crippen LogP contribution in [0.5, 0.6) is 0 Å². The van der Waals surface area contributed by atoms with E-state index in [1.807, 2.05) is 23.4 Å². The number of nitrogens with zero attached hydrogens (tertiary/aromatic N) is 3. The van der Waals surface area contributed by atoms with Crippen molar-refractivity contribution in [3.8, 4) is 0 Å². The molecule has 0 bridgehead atoms. The lowest BCUT2D eigenvalue weighted by Crippen LogP contribution is -2.22. The third kappa shape index (κ3) is 2.08. The first-order valence-corrected chi connectivity index (χ1v) is 6.61. The largest absolute Gasteiger partial charge is 0.320 e. The van der Waals surface area contributed by atoms with Crippen molar-refractivity contribution in [1.29, 1.82) is 0 Å². The van der Waals surface area contributed by atoms with E-state index in [1.165, 1.54) is 10.5 Å². The SMILES string of the molecule is Cn1cnnc1CNC1CSc2ccccc21. The van der Waals surface area contributed by atoms with Crippen LogP contribution in [0.2, 0.25) is 0 Å². The molecule has 1 aliphatic heterocycles. The van der Waals surface area contributed by atoms with Crippen LogP contribution < -0.4 is 5.32 Å². The summed E-state index contributed by atoms with van der Waals surface area (Å²) in [5.74, 6) is 2.07. The van der Waals surface area contributed by atoms with Gasteiger partial charge in [0.05, 0.1) is 6.54 Å². The molecule has 17 heavy (non-hydrogen) atoms. The molecule has 4 nitrogen and oxygen atoms in total. The van der Waals surface area contributed by atoms with E-state index in [2.05, 4.69) is 39.8 Å². The molecule has 0 aliphatic carbocycles. The van der Waals surface area contributed by atoms with Crippen molar-refractivity contribution in [2.75, 3.05) is 5.75 Å². The molecule has 0 radical (unpaired) electrons. The van der Waals surface area contributed by atoms with E-state index in [1.54, 1.807) is 6.33 Å². The van der Waals surface area contributed by atoms with Gasteiger partial charge in [0, 0.05) is 23.7 Å². The number of thioether (sulfide) groups is 1. The van der Waals surface area contributed by atoms with Crippen molar-refractivity contribution in [3.05, 3.63) is 42.0 Å². The number of benzene rings is 1. The first-order chi connectivity index (χ1) is 8.34. The van der Waals surface area contributed by atoms with Crippen LogP contribution in [0.15, 0.2) is 35.5 Å². The number of hydrogen-bond acceptors (Lipinski definition) is 4. The van der Waals surface area contributed by atoms with E-state index in [9.17, 15) is 0 Å². The van der Waals surface area contributed by atoms with Crippen LogP contribution in [0.3, 0.4) is 0 Å². The average molecular weight is 246 g/mol. The maximum Gasteiger partial charge on any atom is 0.146 e. The molecule has 5 heteroatoms. The lowest BCUT2D eigenvalue weighted by Gasteiger charge is -2.12. The third-order valence-electron chi connectivity index (χ3n) is 3.01. The molecule has 0 amide bonds. The monoisotopic (exact) mass is 246 g/mol. The van der Waals surface area contributed by atoms with Crippen molar-refractivity contribution >= 4 is 11.8 Å². The van der Waals surface area contributed by atoms with Crippen LogP contribution in [0.1, 0.15) is 17.4 Å². The van der Waals surface area contributed by atoms with Gasteiger partial charge >= 0.3 is 0 Å². The predicted octanol–water partition coefficient (Wildman–Crippen LogP) is 1.75. The van der Waals surface area contributed by atoms with Gasteiger partial charge in [0.2, 0.25) is 0 Å². The zero-order valence-electron chi connectivity index (χ0n) is 9.63. The molecule has 1 aliphatic rings. The van der Waals surface area contributed by atoms with Gasteiger partial charge in [0.15, 0.2) is 0 Å². The molecule has 88 valence electrons. The van der Waals surface area contributed by atoms with Gasteiger partial charge in [-0.2, -0.15) is 0 Å². The number of aromatic nitrogens is 3. The lowest BCUT2D eigenvalue weighted by atomic mass is 10.1. The number of hydrogen-bond donors (Lipinski definition) is 1. The van der Waals surface area contributed by atoms with Gasteiger partial charge in [0.25, 0.3) is 0 Å². The number of aryl methyl sites for hydroxylation is 1. The normalized spacial score (nSPS) is 18.3. The van der Waals surface area contributed by atoms with Gasteiger partial charge in [-0.05, 0) is 11.6 Å². The summed E-state index contributed by atoms with van der Waals surface area (Å²) in [5.41, 5.74) is 1.40. The number of rotatable bonds is 3. The highest BCUT2D eigenvalue weighted by molar-refractivity contribution is 7.99. The maximum atomic E-state index is 4.08. The van der Waals surface area contributed by atoms with Gasteiger partial charge in [0.1, 0.15) is 12.2 Å². The molecule has 1 unspecified atom stereocenters. The zero-order chi connectivity index (χ0) is 11.7. The van der Waals surface area contributed by atoms with Crippen LogP contribution in [0, 0.1) is 0 Å². The molecule has 2 aromatic rings. The smallest absolute Gasteiger partial charge is 0.146 e. The molecule has 1 atom stereocenters. The van der Waals surface area contributed by atoms with E-state index >= 15 is 0 Å². The summed E-state index contributed by atoms with van der Waals surface area (Å²) in [6.45, 7) is 0.760. The van der Waals surface area contributed by atoms with E-state index in [-0.39, 0.29) is 0 Å². The van der Waals surface area contributed by atoms with Crippen LogP contribution in [-0.2, 0) is 13.6 Å². The summed E-state index contributed by atoms with van der Waals surface area (Å²) in [5, 5.41) is 11.5. The molecule has 1 aromatic heterocycles. The second kappa shape index (κ2) is 4.50. The van der Waals surface area contributed by atoms with Crippen molar-refractivity contribution in [3.63, 3.8) is 0 Å². The Kier molecular flexibility index (Phi) is 2.86. The summed E-state index contributed by atoms with van der Waals surface area (Å²) >= 11 is 1.91. The van der Waals surface area contributed by atoms with Crippen LogP contribution in [0.25, 0.3) is 0 Å². The van der Waals surface area contributed by atoms with Crippen molar-refractivity contribution in [2.24, 2.45) is 7.05 Å². The molecular formula is C12H14N4S. The van der Waals surface area contributed by atoms with E-state index in [0.717, 1.165) is 18.1 Å². The Labute approximate surface area is 104 Å². The Balaban J connectivity index is 1.70. The highest BCUT2D eigenvalue weighted by Gasteiger charge is 2.22. The number of fused-ring (bicyclic) bond motifs is 1. The molecule has 0 saturated carbocycles. The second-order valence-corrected chi connectivity index (χ2v) is 5.20. The minimum atomic E-state index is 0.424. The molecule has 0 saturated heterocycles. The van der Waals surface area contributed by atoms with Crippen LogP contribution >= 0.6 is 11.8 Å². The summed E-state index contributed by atoms with van der Waals surface area (Å²) in [6.07, 6.45) is 1.73. The second-order valence-electron chi connectivity index (χ2n) is 4.14. The van der Waals surface area contributed by atoms with Gasteiger partial charge < -0.3 is 9.88 Å². The minimum Gasteiger partial charge on any atom is -0.320 e. The predicted molar refractivity (Wildman–Crippen MR) is 67.7 cm³/mol. The fourth-order valence-corrected chi connectivity index (χ4v) is 3.21. The summed E-state index contributed by atoms with van der Waals surface area (Å²) in [7, 11) is 1.97. The van der Waals surface area contributed by atoms with Crippen LogP contribution in [-0.4, -0.2) is 20.5 Å². The molecule has 2 heterocycles. The molecular weight excluding hydrogens is 232 g/mol. The van der Waals surface area contributed by atoms with Crippen molar-refractivity contribution in [2.45, 2.75) is 17.5 Å². The molecule has 0 fully saturated rings. The Morgan fingerprint density at radius 2 is 2.35 bits per heavy atom. The highest BCUT2D eigenvalue weighted by atomic mass is 32.2. The fourth-order valence-electron chi connectivity index (χ4n) is 2.01. The van der Waals surface area contributed by atoms with E-state index in [0.29, 0.717) is 6.04 Å². The quantitative estimate of drug-likeness (QED) is 0.896. The lowest BCUT2D eigenvalue weighted by molar-refractivity contribution is 0.555. The minimum absolute atomic E-state index is 0.424. The molecule has 0 spiro atoms. The first-order valence-electron chi connectivity index (χ1n) is 5.62. The topological polar surface area (TPSA) is 42.7 Å². The summed E-state index contributed by atoms with van der Waals surface area (Å²) in [6, 6.07) is 9.00. The van der Waals surface area contributed by atoms with E-state index < -0.39 is 0 Å².